The maximum atomic E-state index is 13.8. The van der Waals surface area contributed by atoms with E-state index in [1.807, 2.05) is 27.0 Å². The first-order chi connectivity index (χ1) is 16.6. The summed E-state index contributed by atoms with van der Waals surface area (Å²) < 4.78 is 34.4. The summed E-state index contributed by atoms with van der Waals surface area (Å²) in [6.45, 7) is 5.51. The van der Waals surface area contributed by atoms with E-state index in [1.165, 1.54) is 16.3 Å². The normalized spacial score (nSPS) is 18.6. The molecule has 1 amide bonds. The monoisotopic (exact) mass is 504 g/mol. The fraction of sp³-hybridized carbons (Fsp3) is 0.500. The molecule has 1 aliphatic carbocycles. The molecule has 1 fully saturated rings. The van der Waals surface area contributed by atoms with Crippen molar-refractivity contribution in [2.24, 2.45) is 0 Å². The van der Waals surface area contributed by atoms with Gasteiger partial charge in [-0.15, -0.1) is 0 Å². The highest BCUT2D eigenvalue weighted by Crippen LogP contribution is 2.30. The highest BCUT2D eigenvalue weighted by Gasteiger charge is 2.26. The molecule has 2 N–H and O–H groups in total. The Balaban J connectivity index is 1.50. The van der Waals surface area contributed by atoms with Crippen LogP contribution in [0.5, 0.6) is 0 Å². The summed E-state index contributed by atoms with van der Waals surface area (Å²) in [6.07, 6.45) is 1.93. The van der Waals surface area contributed by atoms with Crippen molar-refractivity contribution in [3.63, 3.8) is 0 Å². The molecule has 0 bridgehead atoms. The predicted octanol–water partition coefficient (Wildman–Crippen LogP) is 5.72. The number of alkyl halides is 2. The van der Waals surface area contributed by atoms with E-state index < -0.39 is 18.1 Å². The Morgan fingerprint density at radius 1 is 1.11 bits per heavy atom. The van der Waals surface area contributed by atoms with Crippen LogP contribution in [0.3, 0.4) is 0 Å². The van der Waals surface area contributed by atoms with Crippen molar-refractivity contribution in [1.29, 1.82) is 0 Å². The molecule has 0 atom stereocenters. The number of carbonyl (C=O) groups excluding carboxylic acids is 1. The Morgan fingerprint density at radius 3 is 2.46 bits per heavy atom. The fourth-order valence-corrected chi connectivity index (χ4v) is 4.56. The lowest BCUT2D eigenvalue weighted by molar-refractivity contribution is 0.0492. The topological polar surface area (TPSA) is 94.0 Å². The number of fused-ring (bicyclic) bond motifs is 1. The number of nitrogens with one attached hydrogen (secondary N) is 2. The number of imidazole rings is 1. The molecule has 2 aromatic heterocycles. The smallest absolute Gasteiger partial charge is 0.407 e. The van der Waals surface area contributed by atoms with E-state index in [-0.39, 0.29) is 17.9 Å². The Kier molecular flexibility index (Phi) is 7.44. The molecule has 0 saturated heterocycles. The van der Waals surface area contributed by atoms with Gasteiger partial charge < -0.3 is 15.4 Å². The SMILES string of the molecule is CSc1nc(NC2CCC(NC(=O)OC(C)(C)C)CC2)cc(-n2c(C(F)F)nc3ccccc32)n1. The maximum absolute atomic E-state index is 13.8. The van der Waals surface area contributed by atoms with Crippen molar-refractivity contribution in [3.05, 3.63) is 36.2 Å². The first-order valence-corrected chi connectivity index (χ1v) is 12.8. The number of alkyl carbamates (subject to hydrolysis) is 1. The van der Waals surface area contributed by atoms with E-state index in [4.69, 9.17) is 4.74 Å². The van der Waals surface area contributed by atoms with Gasteiger partial charge in [0, 0.05) is 18.2 Å². The lowest BCUT2D eigenvalue weighted by atomic mass is 9.91. The molecule has 8 nitrogen and oxygen atoms in total. The van der Waals surface area contributed by atoms with Crippen LogP contribution >= 0.6 is 11.8 Å². The van der Waals surface area contributed by atoms with E-state index in [0.717, 1.165) is 25.7 Å². The third kappa shape index (κ3) is 6.19. The summed E-state index contributed by atoms with van der Waals surface area (Å²) in [5.41, 5.74) is 0.512. The molecule has 188 valence electrons. The zero-order chi connectivity index (χ0) is 25.2. The van der Waals surface area contributed by atoms with Crippen molar-refractivity contribution in [2.75, 3.05) is 11.6 Å². The Hall–Kier alpha value is -2.95. The first kappa shape index (κ1) is 25.2. The van der Waals surface area contributed by atoms with Gasteiger partial charge in [0.05, 0.1) is 11.0 Å². The van der Waals surface area contributed by atoms with Gasteiger partial charge in [-0.2, -0.15) is 0 Å². The molecule has 1 aromatic carbocycles. The molecule has 35 heavy (non-hydrogen) atoms. The zero-order valence-electron chi connectivity index (χ0n) is 20.2. The number of hydrogen-bond donors (Lipinski definition) is 2. The predicted molar refractivity (Wildman–Crippen MR) is 132 cm³/mol. The third-order valence-electron chi connectivity index (χ3n) is 5.69. The molecule has 0 spiro atoms. The zero-order valence-corrected chi connectivity index (χ0v) is 21.0. The molecule has 4 rings (SSSR count). The molecule has 3 aromatic rings. The van der Waals surface area contributed by atoms with Crippen LogP contribution in [-0.2, 0) is 4.74 Å². The molecule has 0 aliphatic heterocycles. The summed E-state index contributed by atoms with van der Waals surface area (Å²) in [5.74, 6) is 0.564. The van der Waals surface area contributed by atoms with Crippen molar-refractivity contribution < 1.29 is 18.3 Å². The number of rotatable bonds is 6. The van der Waals surface area contributed by atoms with Crippen LogP contribution in [0.15, 0.2) is 35.5 Å². The number of hydrogen-bond acceptors (Lipinski definition) is 7. The van der Waals surface area contributed by atoms with Gasteiger partial charge in [0.2, 0.25) is 0 Å². The fourth-order valence-electron chi connectivity index (χ4n) is 4.19. The van der Waals surface area contributed by atoms with E-state index in [0.29, 0.717) is 27.8 Å². The van der Waals surface area contributed by atoms with Crippen LogP contribution in [0.1, 0.15) is 58.7 Å². The molecule has 1 aliphatic rings. The Labute approximate surface area is 207 Å². The van der Waals surface area contributed by atoms with Gasteiger partial charge in [-0.1, -0.05) is 23.9 Å². The number of benzene rings is 1. The number of thioether (sulfide) groups is 1. The number of nitrogens with zero attached hydrogens (tertiary/aromatic N) is 4. The number of carbonyl (C=O) groups is 1. The van der Waals surface area contributed by atoms with Crippen molar-refractivity contribution in [2.45, 2.75) is 75.7 Å². The van der Waals surface area contributed by atoms with Crippen molar-refractivity contribution >= 4 is 34.7 Å². The average Bonchev–Trinajstić information content (AvgIpc) is 3.19. The Morgan fingerprint density at radius 2 is 1.80 bits per heavy atom. The summed E-state index contributed by atoms with van der Waals surface area (Å²) in [6, 6.07) is 8.89. The van der Waals surface area contributed by atoms with Crippen LogP contribution in [0.25, 0.3) is 16.9 Å². The second kappa shape index (κ2) is 10.3. The minimum Gasteiger partial charge on any atom is -0.444 e. The average molecular weight is 505 g/mol. The van der Waals surface area contributed by atoms with Gasteiger partial charge in [-0.25, -0.2) is 28.5 Å². The lowest BCUT2D eigenvalue weighted by Gasteiger charge is -2.30. The lowest BCUT2D eigenvalue weighted by Crippen LogP contribution is -2.42. The maximum Gasteiger partial charge on any atom is 0.407 e. The second-order valence-electron chi connectivity index (χ2n) is 9.53. The van der Waals surface area contributed by atoms with E-state index >= 15 is 0 Å². The van der Waals surface area contributed by atoms with Gasteiger partial charge in [0.25, 0.3) is 6.43 Å². The van der Waals surface area contributed by atoms with Gasteiger partial charge in [0.1, 0.15) is 17.2 Å². The summed E-state index contributed by atoms with van der Waals surface area (Å²) in [5, 5.41) is 6.85. The summed E-state index contributed by atoms with van der Waals surface area (Å²) in [4.78, 5) is 25.2. The van der Waals surface area contributed by atoms with E-state index in [2.05, 4.69) is 25.6 Å². The number of halogens is 2. The van der Waals surface area contributed by atoms with E-state index in [9.17, 15) is 13.6 Å². The van der Waals surface area contributed by atoms with Gasteiger partial charge in [-0.05, 0) is 64.8 Å². The van der Waals surface area contributed by atoms with Crippen LogP contribution in [0.2, 0.25) is 0 Å². The van der Waals surface area contributed by atoms with Crippen LogP contribution < -0.4 is 10.6 Å². The van der Waals surface area contributed by atoms with Crippen molar-refractivity contribution in [3.8, 4) is 5.82 Å². The largest absolute Gasteiger partial charge is 0.444 e. The molecular formula is C24H30F2N6O2S. The highest BCUT2D eigenvalue weighted by atomic mass is 32.2. The van der Waals surface area contributed by atoms with Crippen LogP contribution in [0.4, 0.5) is 19.4 Å². The van der Waals surface area contributed by atoms with Crippen LogP contribution in [-0.4, -0.2) is 49.6 Å². The highest BCUT2D eigenvalue weighted by molar-refractivity contribution is 7.98. The number of aromatic nitrogens is 4. The number of ether oxygens (including phenoxy) is 1. The van der Waals surface area contributed by atoms with Crippen molar-refractivity contribution in [1.82, 2.24) is 24.8 Å². The number of para-hydroxylation sites is 2. The van der Waals surface area contributed by atoms with Gasteiger partial charge in [-0.3, -0.25) is 4.57 Å². The summed E-state index contributed by atoms with van der Waals surface area (Å²) >= 11 is 1.34. The second-order valence-corrected chi connectivity index (χ2v) is 10.3. The van der Waals surface area contributed by atoms with Gasteiger partial charge in [0.15, 0.2) is 11.0 Å². The third-order valence-corrected chi connectivity index (χ3v) is 6.23. The number of anilines is 1. The quantitative estimate of drug-likeness (QED) is 0.327. The minimum atomic E-state index is -2.75. The molecule has 0 unspecified atom stereocenters. The minimum absolute atomic E-state index is 0.0523. The molecule has 1 saturated carbocycles. The first-order valence-electron chi connectivity index (χ1n) is 11.6. The van der Waals surface area contributed by atoms with E-state index in [1.54, 1.807) is 30.3 Å². The number of amides is 1. The standard InChI is InChI=1S/C24H30F2N6O2S/c1-24(2,3)34-23(33)28-15-11-9-14(10-12-15)27-18-13-19(31-22(30-18)35-4)32-17-8-6-5-7-16(17)29-21(32)20(25)26/h5-8,13-15,20H,9-12H2,1-4H3,(H,28,33)(H,27,30,31). The Bertz CT molecular complexity index is 1190. The molecule has 2 heterocycles. The molecular weight excluding hydrogens is 474 g/mol. The van der Waals surface area contributed by atoms with Crippen LogP contribution in [0, 0.1) is 0 Å². The van der Waals surface area contributed by atoms with Gasteiger partial charge >= 0.3 is 6.09 Å². The summed E-state index contributed by atoms with van der Waals surface area (Å²) in [7, 11) is 0. The molecule has 11 heteroatoms. The molecule has 0 radical (unpaired) electrons.